The molecule has 0 aliphatic heterocycles. The van der Waals surface area contributed by atoms with Crippen molar-refractivity contribution in [2.45, 2.75) is 45.3 Å². The monoisotopic (exact) mass is 356 g/mol. The summed E-state index contributed by atoms with van der Waals surface area (Å²) in [7, 11) is 0. The second kappa shape index (κ2) is 8.32. The van der Waals surface area contributed by atoms with Crippen LogP contribution in [0.5, 0.6) is 0 Å². The van der Waals surface area contributed by atoms with Crippen molar-refractivity contribution >= 4 is 17.8 Å². The zero-order valence-corrected chi connectivity index (χ0v) is 13.7. The van der Waals surface area contributed by atoms with Crippen molar-refractivity contribution in [2.75, 3.05) is 6.54 Å². The minimum Gasteiger partial charge on any atom is -0.481 e. The third kappa shape index (κ3) is 7.62. The molecule has 0 radical (unpaired) electrons. The van der Waals surface area contributed by atoms with E-state index in [-0.39, 0.29) is 11.8 Å². The number of amides is 1. The van der Waals surface area contributed by atoms with Gasteiger partial charge in [0.05, 0.1) is 11.8 Å². The lowest BCUT2D eigenvalue weighted by Gasteiger charge is -2.31. The number of hydrogen-bond donors (Lipinski definition) is 4. The highest BCUT2D eigenvalue weighted by molar-refractivity contribution is 5.89. The van der Waals surface area contributed by atoms with Crippen LogP contribution in [0.4, 0.5) is 13.2 Å². The number of aliphatic carboxylic acids is 2. The van der Waals surface area contributed by atoms with E-state index in [9.17, 15) is 22.8 Å². The third-order valence-electron chi connectivity index (χ3n) is 3.42. The van der Waals surface area contributed by atoms with E-state index >= 15 is 0 Å². The minimum absolute atomic E-state index is 0.175. The van der Waals surface area contributed by atoms with E-state index in [1.54, 1.807) is 0 Å². The van der Waals surface area contributed by atoms with Gasteiger partial charge in [0.15, 0.2) is 0 Å². The molecule has 0 spiro atoms. The van der Waals surface area contributed by atoms with Gasteiger partial charge in [-0.2, -0.15) is 13.2 Å². The molecule has 1 fully saturated rings. The smallest absolute Gasteiger partial charge is 0.481 e. The summed E-state index contributed by atoms with van der Waals surface area (Å²) in [5, 5.41) is 18.8. The van der Waals surface area contributed by atoms with Gasteiger partial charge in [-0.15, -0.1) is 0 Å². The molecule has 0 aromatic carbocycles. The first-order valence-electron chi connectivity index (χ1n) is 7.28. The molecular formula is C14H23F3N2O5. The zero-order chi connectivity index (χ0) is 19.3. The molecule has 7 nitrogen and oxygen atoms in total. The van der Waals surface area contributed by atoms with Gasteiger partial charge in [-0.25, -0.2) is 4.79 Å². The van der Waals surface area contributed by atoms with Gasteiger partial charge in [-0.1, -0.05) is 13.8 Å². The van der Waals surface area contributed by atoms with Crippen molar-refractivity contribution in [1.29, 1.82) is 0 Å². The van der Waals surface area contributed by atoms with Crippen LogP contribution in [0.2, 0.25) is 0 Å². The maximum Gasteiger partial charge on any atom is 0.490 e. The van der Waals surface area contributed by atoms with Gasteiger partial charge >= 0.3 is 18.1 Å². The maximum absolute atomic E-state index is 11.8. The summed E-state index contributed by atoms with van der Waals surface area (Å²) in [5.41, 5.74) is 5.25. The second-order valence-electron chi connectivity index (χ2n) is 6.44. The van der Waals surface area contributed by atoms with Crippen LogP contribution >= 0.6 is 0 Å². The average Bonchev–Trinajstić information content (AvgIpc) is 3.17. The summed E-state index contributed by atoms with van der Waals surface area (Å²) in [5.74, 6) is -4.26. The molecular weight excluding hydrogens is 333 g/mol. The molecule has 1 aliphatic rings. The van der Waals surface area contributed by atoms with Gasteiger partial charge in [0.1, 0.15) is 0 Å². The maximum atomic E-state index is 11.8. The summed E-state index contributed by atoms with van der Waals surface area (Å²) < 4.78 is 31.7. The summed E-state index contributed by atoms with van der Waals surface area (Å²) in [6.45, 7) is 6.40. The number of carbonyl (C=O) groups excluding carboxylic acids is 1. The van der Waals surface area contributed by atoms with Crippen molar-refractivity contribution in [1.82, 2.24) is 5.32 Å². The van der Waals surface area contributed by atoms with Crippen LogP contribution in [0.3, 0.4) is 0 Å². The number of nitrogens with two attached hydrogens (primary N) is 1. The van der Waals surface area contributed by atoms with E-state index in [2.05, 4.69) is 19.2 Å². The molecule has 1 aliphatic carbocycles. The molecule has 1 rings (SSSR count). The van der Waals surface area contributed by atoms with E-state index in [1.807, 2.05) is 6.92 Å². The fourth-order valence-corrected chi connectivity index (χ4v) is 2.23. The summed E-state index contributed by atoms with van der Waals surface area (Å²) in [6.07, 6.45) is -3.84. The number of carboxylic acids is 2. The molecule has 1 unspecified atom stereocenters. The van der Waals surface area contributed by atoms with Crippen LogP contribution in [-0.4, -0.2) is 46.3 Å². The normalized spacial score (nSPS) is 22.0. The van der Waals surface area contributed by atoms with Crippen molar-refractivity contribution in [3.05, 3.63) is 0 Å². The lowest BCUT2D eigenvalue weighted by molar-refractivity contribution is -0.192. The summed E-state index contributed by atoms with van der Waals surface area (Å²) in [4.78, 5) is 31.4. The average molecular weight is 356 g/mol. The van der Waals surface area contributed by atoms with Gasteiger partial charge in [0.25, 0.3) is 0 Å². The van der Waals surface area contributed by atoms with E-state index in [4.69, 9.17) is 20.7 Å². The highest BCUT2D eigenvalue weighted by atomic mass is 19.4. The Kier molecular flexibility index (Phi) is 7.68. The predicted molar refractivity (Wildman–Crippen MR) is 78.0 cm³/mol. The Morgan fingerprint density at radius 2 is 1.67 bits per heavy atom. The third-order valence-corrected chi connectivity index (χ3v) is 3.42. The van der Waals surface area contributed by atoms with E-state index in [1.165, 1.54) is 0 Å². The van der Waals surface area contributed by atoms with Crippen molar-refractivity contribution in [3.8, 4) is 0 Å². The fraction of sp³-hybridized carbons (Fsp3) is 0.786. The molecule has 10 heteroatoms. The molecule has 3 atom stereocenters. The summed E-state index contributed by atoms with van der Waals surface area (Å²) in [6, 6.07) is 0. The molecule has 0 aromatic rings. The number of carbonyl (C=O) groups is 3. The van der Waals surface area contributed by atoms with Crippen molar-refractivity contribution < 1.29 is 37.8 Å². The zero-order valence-electron chi connectivity index (χ0n) is 13.7. The SMILES string of the molecule is CC(C)CC(C)(CN)NC(=O)[C@@H]1C[C@H]1C(=O)O.O=C(O)C(F)(F)F. The Bertz CT molecular complexity index is 482. The van der Waals surface area contributed by atoms with Crippen LogP contribution < -0.4 is 11.1 Å². The lowest BCUT2D eigenvalue weighted by atomic mass is 9.90. The van der Waals surface area contributed by atoms with Crippen molar-refractivity contribution in [2.24, 2.45) is 23.5 Å². The second-order valence-corrected chi connectivity index (χ2v) is 6.44. The Balaban J connectivity index is 0.000000640. The number of carboxylic acid groups (broad SMARTS) is 2. The highest BCUT2D eigenvalue weighted by Crippen LogP contribution is 2.39. The highest BCUT2D eigenvalue weighted by Gasteiger charge is 2.49. The first-order chi connectivity index (χ1) is 10.7. The van der Waals surface area contributed by atoms with Gasteiger partial charge in [0, 0.05) is 12.1 Å². The number of rotatable bonds is 6. The van der Waals surface area contributed by atoms with Crippen molar-refractivity contribution in [3.63, 3.8) is 0 Å². The number of hydrogen-bond acceptors (Lipinski definition) is 4. The fourth-order valence-electron chi connectivity index (χ4n) is 2.23. The molecule has 1 saturated carbocycles. The standard InChI is InChI=1S/C12H22N2O3.C2HF3O2/c1-7(2)5-12(3,6-13)14-10(15)8-4-9(8)11(16)17;3-2(4,5)1(6)7/h7-9H,4-6,13H2,1-3H3,(H,14,15)(H,16,17);(H,6,7)/t8-,9-,12?;/m1./s1. The first-order valence-corrected chi connectivity index (χ1v) is 7.28. The molecule has 0 saturated heterocycles. The van der Waals surface area contributed by atoms with Gasteiger partial charge in [0.2, 0.25) is 5.91 Å². The van der Waals surface area contributed by atoms with Crippen LogP contribution in [-0.2, 0) is 14.4 Å². The van der Waals surface area contributed by atoms with Crippen LogP contribution in [0.15, 0.2) is 0 Å². The summed E-state index contributed by atoms with van der Waals surface area (Å²) >= 11 is 0. The Morgan fingerprint density at radius 1 is 1.21 bits per heavy atom. The van der Waals surface area contributed by atoms with E-state index in [0.717, 1.165) is 6.42 Å². The number of nitrogens with one attached hydrogen (secondary N) is 1. The quantitative estimate of drug-likeness (QED) is 0.566. The largest absolute Gasteiger partial charge is 0.490 e. The molecule has 24 heavy (non-hydrogen) atoms. The Morgan fingerprint density at radius 3 is 1.92 bits per heavy atom. The topological polar surface area (TPSA) is 130 Å². The van der Waals surface area contributed by atoms with Crippen LogP contribution in [0.1, 0.15) is 33.6 Å². The molecule has 140 valence electrons. The number of halogens is 3. The minimum atomic E-state index is -5.08. The Hall–Kier alpha value is -1.84. The molecule has 0 aromatic heterocycles. The van der Waals surface area contributed by atoms with E-state index < -0.39 is 29.6 Å². The predicted octanol–water partition coefficient (Wildman–Crippen LogP) is 1.22. The van der Waals surface area contributed by atoms with E-state index in [0.29, 0.717) is 18.9 Å². The van der Waals surface area contributed by atoms with Gasteiger partial charge in [-0.05, 0) is 25.7 Å². The van der Waals surface area contributed by atoms with Gasteiger partial charge in [-0.3, -0.25) is 9.59 Å². The molecule has 5 N–H and O–H groups in total. The molecule has 1 amide bonds. The lowest BCUT2D eigenvalue weighted by Crippen LogP contribution is -2.52. The molecule has 0 bridgehead atoms. The van der Waals surface area contributed by atoms with Crippen LogP contribution in [0.25, 0.3) is 0 Å². The molecule has 0 heterocycles. The van der Waals surface area contributed by atoms with Gasteiger partial charge < -0.3 is 21.3 Å². The number of alkyl halides is 3. The van der Waals surface area contributed by atoms with Crippen LogP contribution in [0, 0.1) is 17.8 Å². The Labute approximate surface area is 137 Å². The first kappa shape index (κ1) is 22.2.